The summed E-state index contributed by atoms with van der Waals surface area (Å²) in [5.74, 6) is -0.173. The molecule has 0 unspecified atom stereocenters. The van der Waals surface area contributed by atoms with Crippen molar-refractivity contribution in [3.63, 3.8) is 0 Å². The summed E-state index contributed by atoms with van der Waals surface area (Å²) in [6.45, 7) is 7.08. The van der Waals surface area contributed by atoms with Crippen molar-refractivity contribution in [1.29, 1.82) is 0 Å². The Labute approximate surface area is 199 Å². The molecule has 0 saturated heterocycles. The number of hydrogen-bond donors (Lipinski definition) is 1. The minimum Gasteiger partial charge on any atom is -0.493 e. The number of azo groups is 1. The van der Waals surface area contributed by atoms with E-state index in [1.165, 1.54) is 11.1 Å². The SMILES string of the molecule is CC(C)(C)c1ccc([C@@H]2C[C@H]2C(=O)N=Nc2c(O)n(Cc3ccccc3)c3ccccc23)cc1. The topological polar surface area (TPSA) is 66.9 Å². The minimum absolute atomic E-state index is 0.0201. The lowest BCUT2D eigenvalue weighted by atomic mass is 9.86. The quantitative estimate of drug-likeness (QED) is 0.329. The van der Waals surface area contributed by atoms with Crippen LogP contribution < -0.4 is 0 Å². The van der Waals surface area contributed by atoms with Gasteiger partial charge in [0.05, 0.1) is 12.1 Å². The Hall–Kier alpha value is -3.73. The van der Waals surface area contributed by atoms with Crippen molar-refractivity contribution in [2.24, 2.45) is 16.1 Å². The van der Waals surface area contributed by atoms with Gasteiger partial charge >= 0.3 is 0 Å². The van der Waals surface area contributed by atoms with Crippen LogP contribution in [-0.2, 0) is 16.8 Å². The maximum absolute atomic E-state index is 12.8. The normalized spacial score (nSPS) is 18.0. The highest BCUT2D eigenvalue weighted by molar-refractivity contribution is 5.95. The number of carbonyl (C=O) groups is 1. The lowest BCUT2D eigenvalue weighted by Crippen LogP contribution is -2.10. The van der Waals surface area contributed by atoms with Gasteiger partial charge in [-0.25, -0.2) is 0 Å². The molecule has 0 aliphatic heterocycles. The van der Waals surface area contributed by atoms with E-state index < -0.39 is 0 Å². The second kappa shape index (κ2) is 8.56. The van der Waals surface area contributed by atoms with Gasteiger partial charge in [0.1, 0.15) is 0 Å². The molecule has 1 heterocycles. The number of nitrogens with zero attached hydrogens (tertiary/aromatic N) is 3. The predicted octanol–water partition coefficient (Wildman–Crippen LogP) is 7.11. The molecule has 0 spiro atoms. The van der Waals surface area contributed by atoms with Gasteiger partial charge in [-0.2, -0.15) is 0 Å². The number of benzene rings is 3. The zero-order valence-corrected chi connectivity index (χ0v) is 19.8. The van der Waals surface area contributed by atoms with Gasteiger partial charge in [-0.3, -0.25) is 4.79 Å². The van der Waals surface area contributed by atoms with Gasteiger partial charge < -0.3 is 9.67 Å². The fourth-order valence-electron chi connectivity index (χ4n) is 4.54. The molecular formula is C29H29N3O2. The van der Waals surface area contributed by atoms with Gasteiger partial charge in [0.25, 0.3) is 5.91 Å². The predicted molar refractivity (Wildman–Crippen MR) is 135 cm³/mol. The van der Waals surface area contributed by atoms with Crippen molar-refractivity contribution in [1.82, 2.24) is 4.57 Å². The van der Waals surface area contributed by atoms with Gasteiger partial charge in [-0.05, 0) is 40.5 Å². The van der Waals surface area contributed by atoms with Crippen LogP contribution in [0.4, 0.5) is 5.69 Å². The Morgan fingerprint density at radius 3 is 2.35 bits per heavy atom. The van der Waals surface area contributed by atoms with Crippen LogP contribution in [0, 0.1) is 5.92 Å². The van der Waals surface area contributed by atoms with E-state index in [2.05, 4.69) is 55.3 Å². The third kappa shape index (κ3) is 4.26. The molecule has 1 aromatic heterocycles. The second-order valence-corrected chi connectivity index (χ2v) is 10.1. The molecule has 4 aromatic rings. The van der Waals surface area contributed by atoms with Crippen LogP contribution in [0.1, 0.15) is 49.8 Å². The molecule has 0 bridgehead atoms. The molecule has 5 heteroatoms. The van der Waals surface area contributed by atoms with E-state index >= 15 is 0 Å². The molecule has 1 fully saturated rings. The lowest BCUT2D eigenvalue weighted by Gasteiger charge is -2.19. The Balaban J connectivity index is 1.35. The molecule has 2 atom stereocenters. The first-order valence-electron chi connectivity index (χ1n) is 11.7. The molecule has 1 N–H and O–H groups in total. The molecule has 1 saturated carbocycles. The summed E-state index contributed by atoms with van der Waals surface area (Å²) < 4.78 is 1.81. The van der Waals surface area contributed by atoms with Gasteiger partial charge in [0.2, 0.25) is 5.88 Å². The number of carbonyl (C=O) groups excluding carboxylic acids is 1. The fraction of sp³-hybridized carbons (Fsp3) is 0.276. The molecule has 3 aromatic carbocycles. The van der Waals surface area contributed by atoms with Crippen molar-refractivity contribution in [2.75, 3.05) is 0 Å². The lowest BCUT2D eigenvalue weighted by molar-refractivity contribution is -0.119. The van der Waals surface area contributed by atoms with E-state index in [0.717, 1.165) is 22.9 Å². The first kappa shape index (κ1) is 22.1. The van der Waals surface area contributed by atoms with Gasteiger partial charge in [0.15, 0.2) is 5.69 Å². The van der Waals surface area contributed by atoms with Crippen LogP contribution in [0.3, 0.4) is 0 Å². The first-order chi connectivity index (χ1) is 16.3. The van der Waals surface area contributed by atoms with Crippen LogP contribution in [-0.4, -0.2) is 15.6 Å². The zero-order chi connectivity index (χ0) is 23.9. The maximum atomic E-state index is 12.8. The number of fused-ring (bicyclic) bond motifs is 1. The number of amides is 1. The highest BCUT2D eigenvalue weighted by Gasteiger charge is 2.44. The van der Waals surface area contributed by atoms with Crippen LogP contribution in [0.25, 0.3) is 10.9 Å². The third-order valence-corrected chi connectivity index (χ3v) is 6.66. The highest BCUT2D eigenvalue weighted by atomic mass is 16.3. The van der Waals surface area contributed by atoms with Gasteiger partial charge in [-0.15, -0.1) is 10.2 Å². The number of rotatable bonds is 5. The molecule has 0 radical (unpaired) electrons. The Bertz CT molecular complexity index is 1360. The Kier molecular flexibility index (Phi) is 5.56. The molecule has 5 nitrogen and oxygen atoms in total. The third-order valence-electron chi connectivity index (χ3n) is 6.66. The zero-order valence-electron chi connectivity index (χ0n) is 19.8. The smallest absolute Gasteiger partial charge is 0.268 e. The summed E-state index contributed by atoms with van der Waals surface area (Å²) in [4.78, 5) is 12.8. The fourth-order valence-corrected chi connectivity index (χ4v) is 4.54. The van der Waals surface area contributed by atoms with Crippen molar-refractivity contribution in [3.8, 4) is 5.88 Å². The summed E-state index contributed by atoms with van der Waals surface area (Å²) in [5, 5.41) is 20.0. The average Bonchev–Trinajstić information content (AvgIpc) is 3.59. The monoisotopic (exact) mass is 451 g/mol. The Morgan fingerprint density at radius 1 is 0.971 bits per heavy atom. The number of aromatic nitrogens is 1. The van der Waals surface area contributed by atoms with E-state index in [-0.39, 0.29) is 29.0 Å². The second-order valence-electron chi connectivity index (χ2n) is 10.1. The van der Waals surface area contributed by atoms with E-state index in [1.54, 1.807) is 4.57 Å². The van der Waals surface area contributed by atoms with E-state index in [0.29, 0.717) is 12.2 Å². The summed E-state index contributed by atoms with van der Waals surface area (Å²) in [6.07, 6.45) is 0.786. The summed E-state index contributed by atoms with van der Waals surface area (Å²) in [7, 11) is 0. The number of para-hydroxylation sites is 1. The summed E-state index contributed by atoms with van der Waals surface area (Å²) >= 11 is 0. The average molecular weight is 452 g/mol. The van der Waals surface area contributed by atoms with Crippen LogP contribution in [0.2, 0.25) is 0 Å². The van der Waals surface area contributed by atoms with Crippen molar-refractivity contribution in [2.45, 2.75) is 45.1 Å². The van der Waals surface area contributed by atoms with Gasteiger partial charge in [-0.1, -0.05) is 93.6 Å². The molecule has 34 heavy (non-hydrogen) atoms. The van der Waals surface area contributed by atoms with E-state index in [4.69, 9.17) is 0 Å². The van der Waals surface area contributed by atoms with Gasteiger partial charge in [0, 0.05) is 11.3 Å². The molecule has 172 valence electrons. The maximum Gasteiger partial charge on any atom is 0.268 e. The van der Waals surface area contributed by atoms with Crippen molar-refractivity contribution >= 4 is 22.5 Å². The van der Waals surface area contributed by atoms with Crippen LogP contribution in [0.5, 0.6) is 5.88 Å². The molecule has 1 aliphatic rings. The molecule has 1 aliphatic carbocycles. The molecule has 5 rings (SSSR count). The molecule has 1 amide bonds. The first-order valence-corrected chi connectivity index (χ1v) is 11.7. The van der Waals surface area contributed by atoms with E-state index in [1.807, 2.05) is 54.6 Å². The summed E-state index contributed by atoms with van der Waals surface area (Å²) in [6, 6.07) is 26.1. The van der Waals surface area contributed by atoms with Crippen molar-refractivity contribution < 1.29 is 9.90 Å². The standard InChI is InChI=1S/C29H29N3O2/c1-29(2,3)21-15-13-20(14-16-21)23-17-24(23)27(33)31-30-26-22-11-7-8-12-25(22)32(28(26)34)18-19-9-5-4-6-10-19/h4-16,23-24,34H,17-18H2,1-3H3/t23-,24+/m0/s1. The van der Waals surface area contributed by atoms with Crippen molar-refractivity contribution in [3.05, 3.63) is 95.6 Å². The number of aromatic hydroxyl groups is 1. The largest absolute Gasteiger partial charge is 0.493 e. The van der Waals surface area contributed by atoms with Crippen LogP contribution in [0.15, 0.2) is 89.1 Å². The minimum atomic E-state index is -0.232. The summed E-state index contributed by atoms with van der Waals surface area (Å²) in [5.41, 5.74) is 4.81. The highest BCUT2D eigenvalue weighted by Crippen LogP contribution is 2.49. The van der Waals surface area contributed by atoms with E-state index in [9.17, 15) is 9.90 Å². The number of hydrogen-bond acceptors (Lipinski definition) is 3. The Morgan fingerprint density at radius 2 is 1.65 bits per heavy atom. The molecular weight excluding hydrogens is 422 g/mol. The van der Waals surface area contributed by atoms with Crippen LogP contribution >= 0.6 is 0 Å².